The zero-order chi connectivity index (χ0) is 19.3. The van der Waals surface area contributed by atoms with E-state index in [0.717, 1.165) is 6.42 Å². The van der Waals surface area contributed by atoms with Gasteiger partial charge in [-0.1, -0.05) is 32.0 Å². The van der Waals surface area contributed by atoms with Crippen molar-refractivity contribution in [3.05, 3.63) is 28.3 Å². The minimum atomic E-state index is -0.684. The van der Waals surface area contributed by atoms with Gasteiger partial charge < -0.3 is 10.1 Å². The molecule has 0 radical (unpaired) electrons. The zero-order valence-electron chi connectivity index (χ0n) is 14.6. The van der Waals surface area contributed by atoms with Crippen LogP contribution in [0.5, 0.6) is 0 Å². The highest BCUT2D eigenvalue weighted by atomic mass is 32.2. The maximum atomic E-state index is 12.2. The maximum Gasteiger partial charge on any atom is 0.328 e. The Morgan fingerprint density at radius 1 is 1.46 bits per heavy atom. The van der Waals surface area contributed by atoms with Gasteiger partial charge in [-0.05, 0) is 12.0 Å². The number of nitrogens with one attached hydrogen (secondary N) is 1. The van der Waals surface area contributed by atoms with E-state index in [-0.39, 0.29) is 23.3 Å². The first-order valence-electron chi connectivity index (χ1n) is 7.90. The van der Waals surface area contributed by atoms with Gasteiger partial charge in [-0.2, -0.15) is 0 Å². The number of non-ortho nitro benzene ring substituents is 1. The fraction of sp³-hybridized carbons (Fsp3) is 0.438. The third-order valence-electron chi connectivity index (χ3n) is 3.87. The van der Waals surface area contributed by atoms with Gasteiger partial charge in [0.2, 0.25) is 5.91 Å². The number of amides is 1. The van der Waals surface area contributed by atoms with Gasteiger partial charge in [-0.3, -0.25) is 14.9 Å². The van der Waals surface area contributed by atoms with Gasteiger partial charge in [-0.25, -0.2) is 9.78 Å². The molecular weight excluding hydrogens is 378 g/mol. The van der Waals surface area contributed by atoms with Crippen LogP contribution in [0.2, 0.25) is 0 Å². The van der Waals surface area contributed by atoms with E-state index in [9.17, 15) is 19.7 Å². The van der Waals surface area contributed by atoms with Crippen LogP contribution < -0.4 is 5.32 Å². The van der Waals surface area contributed by atoms with Crippen molar-refractivity contribution in [2.45, 2.75) is 30.6 Å². The van der Waals surface area contributed by atoms with Gasteiger partial charge >= 0.3 is 5.97 Å². The van der Waals surface area contributed by atoms with Crippen LogP contribution in [-0.4, -0.2) is 40.7 Å². The molecule has 0 saturated heterocycles. The van der Waals surface area contributed by atoms with Crippen molar-refractivity contribution < 1.29 is 19.2 Å². The second kappa shape index (κ2) is 8.95. The van der Waals surface area contributed by atoms with Crippen molar-refractivity contribution in [1.29, 1.82) is 0 Å². The van der Waals surface area contributed by atoms with E-state index in [1.54, 1.807) is 6.07 Å². The molecule has 2 aromatic rings. The number of fused-ring (bicyclic) bond motifs is 1. The van der Waals surface area contributed by atoms with Crippen molar-refractivity contribution in [2.75, 3.05) is 12.9 Å². The number of thiazole rings is 1. The highest BCUT2D eigenvalue weighted by molar-refractivity contribution is 8.01. The summed E-state index contributed by atoms with van der Waals surface area (Å²) in [4.78, 5) is 38.7. The Morgan fingerprint density at radius 2 is 2.19 bits per heavy atom. The highest BCUT2D eigenvalue weighted by Gasteiger charge is 2.26. The molecule has 1 heterocycles. The van der Waals surface area contributed by atoms with Crippen LogP contribution in [0.25, 0.3) is 10.2 Å². The van der Waals surface area contributed by atoms with E-state index >= 15 is 0 Å². The smallest absolute Gasteiger partial charge is 0.328 e. The van der Waals surface area contributed by atoms with E-state index in [0.29, 0.717) is 14.6 Å². The molecule has 0 aliphatic heterocycles. The molecule has 26 heavy (non-hydrogen) atoms. The number of hydrogen-bond donors (Lipinski definition) is 1. The Balaban J connectivity index is 2.01. The van der Waals surface area contributed by atoms with Gasteiger partial charge in [0.25, 0.3) is 5.69 Å². The lowest BCUT2D eigenvalue weighted by Crippen LogP contribution is -2.46. The number of methoxy groups -OCH3 is 1. The fourth-order valence-corrected chi connectivity index (χ4v) is 4.12. The Bertz CT molecular complexity index is 823. The van der Waals surface area contributed by atoms with Crippen LogP contribution in [0.1, 0.15) is 20.3 Å². The van der Waals surface area contributed by atoms with Gasteiger partial charge in [0, 0.05) is 12.1 Å². The topological polar surface area (TPSA) is 111 Å². The molecule has 10 heteroatoms. The second-order valence-electron chi connectivity index (χ2n) is 5.63. The number of nitrogens with zero attached hydrogens (tertiary/aromatic N) is 2. The molecular formula is C16H19N3O5S2. The summed E-state index contributed by atoms with van der Waals surface area (Å²) in [7, 11) is 1.29. The average Bonchev–Trinajstić information content (AvgIpc) is 3.05. The normalized spacial score (nSPS) is 13.2. The Kier molecular flexibility index (Phi) is 6.92. The standard InChI is InChI=1S/C16H19N3O5S2/c1-4-9(2)14(15(21)24-3)18-13(20)8-25-16-17-11-6-5-10(19(22)23)7-12(11)26-16/h5-7,9,14H,4,8H2,1-3H3,(H,18,20)/t9-,14+/m0/s1. The summed E-state index contributed by atoms with van der Waals surface area (Å²) in [6, 6.07) is 3.77. The van der Waals surface area contributed by atoms with E-state index in [4.69, 9.17) is 4.74 Å². The summed E-state index contributed by atoms with van der Waals surface area (Å²) in [5.74, 6) is -0.716. The predicted octanol–water partition coefficient (Wildman–Crippen LogP) is 3.00. The number of carbonyl (C=O) groups is 2. The first-order valence-corrected chi connectivity index (χ1v) is 9.70. The summed E-state index contributed by atoms with van der Waals surface area (Å²) >= 11 is 2.51. The molecule has 1 aromatic heterocycles. The number of thioether (sulfide) groups is 1. The van der Waals surface area contributed by atoms with Crippen LogP contribution >= 0.6 is 23.1 Å². The van der Waals surface area contributed by atoms with Crippen LogP contribution in [0, 0.1) is 16.0 Å². The number of nitro benzene ring substituents is 1. The Labute approximate surface area is 158 Å². The molecule has 0 bridgehead atoms. The first kappa shape index (κ1) is 20.1. The van der Waals surface area contributed by atoms with Crippen LogP contribution in [0.3, 0.4) is 0 Å². The Morgan fingerprint density at radius 3 is 2.81 bits per heavy atom. The molecule has 1 aromatic carbocycles. The molecule has 140 valence electrons. The minimum Gasteiger partial charge on any atom is -0.467 e. The Hall–Kier alpha value is -2.20. The van der Waals surface area contributed by atoms with Gasteiger partial charge in [-0.15, -0.1) is 11.3 Å². The highest BCUT2D eigenvalue weighted by Crippen LogP contribution is 2.31. The van der Waals surface area contributed by atoms with E-state index in [2.05, 4.69) is 10.3 Å². The van der Waals surface area contributed by atoms with Crippen molar-refractivity contribution in [2.24, 2.45) is 5.92 Å². The van der Waals surface area contributed by atoms with Crippen molar-refractivity contribution in [3.8, 4) is 0 Å². The SMILES string of the molecule is CC[C@H](C)[C@@H](NC(=O)CSc1nc2ccc([N+](=O)[O-])cc2s1)C(=O)OC. The molecule has 1 amide bonds. The van der Waals surface area contributed by atoms with Crippen molar-refractivity contribution in [3.63, 3.8) is 0 Å². The lowest BCUT2D eigenvalue weighted by molar-refractivity contribution is -0.384. The number of rotatable bonds is 8. The molecule has 1 N–H and O–H groups in total. The monoisotopic (exact) mass is 397 g/mol. The van der Waals surface area contributed by atoms with Crippen LogP contribution in [0.4, 0.5) is 5.69 Å². The fourth-order valence-electron chi connectivity index (χ4n) is 2.21. The summed E-state index contributed by atoms with van der Waals surface area (Å²) in [5, 5.41) is 13.5. The van der Waals surface area contributed by atoms with E-state index < -0.39 is 16.9 Å². The summed E-state index contributed by atoms with van der Waals surface area (Å²) < 4.78 is 6.07. The lowest BCUT2D eigenvalue weighted by atomic mass is 9.99. The summed E-state index contributed by atoms with van der Waals surface area (Å²) in [5.41, 5.74) is 0.653. The predicted molar refractivity (Wildman–Crippen MR) is 100 cm³/mol. The quantitative estimate of drug-likeness (QED) is 0.315. The molecule has 0 saturated carbocycles. The number of esters is 1. The van der Waals surface area contributed by atoms with Gasteiger partial charge in [0.15, 0.2) is 4.34 Å². The number of ether oxygens (including phenoxy) is 1. The van der Waals surface area contributed by atoms with Crippen molar-refractivity contribution >= 4 is 50.9 Å². The molecule has 0 unspecified atom stereocenters. The molecule has 0 fully saturated rings. The second-order valence-corrected chi connectivity index (χ2v) is 7.88. The number of carbonyl (C=O) groups excluding carboxylic acids is 2. The zero-order valence-corrected chi connectivity index (χ0v) is 16.2. The number of hydrogen-bond acceptors (Lipinski definition) is 8. The van der Waals surface area contributed by atoms with E-state index in [1.807, 2.05) is 13.8 Å². The van der Waals surface area contributed by atoms with E-state index in [1.165, 1.54) is 42.3 Å². The molecule has 0 spiro atoms. The minimum absolute atomic E-state index is 0.00455. The molecule has 2 atom stereocenters. The van der Waals surface area contributed by atoms with Crippen LogP contribution in [-0.2, 0) is 14.3 Å². The first-order chi connectivity index (χ1) is 12.3. The summed E-state index contributed by atoms with van der Waals surface area (Å²) in [6.07, 6.45) is 0.726. The van der Waals surface area contributed by atoms with Crippen LogP contribution in [0.15, 0.2) is 22.5 Å². The largest absolute Gasteiger partial charge is 0.467 e. The molecule has 2 rings (SSSR count). The molecule has 0 aliphatic carbocycles. The number of aromatic nitrogens is 1. The summed E-state index contributed by atoms with van der Waals surface area (Å²) in [6.45, 7) is 3.80. The van der Waals surface area contributed by atoms with Gasteiger partial charge in [0.1, 0.15) is 6.04 Å². The number of benzene rings is 1. The maximum absolute atomic E-state index is 12.2. The van der Waals surface area contributed by atoms with Crippen molar-refractivity contribution in [1.82, 2.24) is 10.3 Å². The molecule has 0 aliphatic rings. The third-order valence-corrected chi connectivity index (χ3v) is 6.04. The molecule has 8 nitrogen and oxygen atoms in total. The number of nitro groups is 1. The average molecular weight is 397 g/mol. The third kappa shape index (κ3) is 4.92. The lowest BCUT2D eigenvalue weighted by Gasteiger charge is -2.21. The van der Waals surface area contributed by atoms with Gasteiger partial charge in [0.05, 0.1) is 28.0 Å².